The van der Waals surface area contributed by atoms with Gasteiger partial charge in [-0.25, -0.2) is 9.97 Å². The number of hydrogen-bond donors (Lipinski definition) is 0. The quantitative estimate of drug-likeness (QED) is 0.791. The molecule has 0 radical (unpaired) electrons. The number of pyridine rings is 2. The van der Waals surface area contributed by atoms with Gasteiger partial charge in [0.05, 0.1) is 0 Å². The molecule has 0 bridgehead atoms. The van der Waals surface area contributed by atoms with Gasteiger partial charge in [-0.2, -0.15) is 0 Å². The smallest absolute Gasteiger partial charge is 0.191 e. The van der Waals surface area contributed by atoms with Gasteiger partial charge < -0.3 is 4.43 Å². The first-order valence-corrected chi connectivity index (χ1v) is 10.0. The number of hydrogen-bond acceptors (Lipinski definition) is 3. The Bertz CT molecular complexity index is 590. The second-order valence-electron chi connectivity index (χ2n) is 6.71. The van der Waals surface area contributed by atoms with E-state index in [0.717, 1.165) is 29.8 Å². The van der Waals surface area contributed by atoms with E-state index >= 15 is 0 Å². The number of fused-ring (bicyclic) bond motifs is 1. The Morgan fingerprint density at radius 3 is 2.60 bits per heavy atom. The molecule has 0 aliphatic carbocycles. The van der Waals surface area contributed by atoms with Crippen molar-refractivity contribution in [3.8, 4) is 0 Å². The van der Waals surface area contributed by atoms with Gasteiger partial charge in [-0.1, -0.05) is 20.8 Å². The van der Waals surface area contributed by atoms with Crippen LogP contribution in [0.1, 0.15) is 26.5 Å². The minimum Gasteiger partial charge on any atom is -0.416 e. The first-order valence-electron chi connectivity index (χ1n) is 7.14. The first-order chi connectivity index (χ1) is 9.29. The van der Waals surface area contributed by atoms with Gasteiger partial charge >= 0.3 is 0 Å². The second kappa shape index (κ2) is 5.62. The van der Waals surface area contributed by atoms with Gasteiger partial charge in [-0.3, -0.25) is 0 Å². The van der Waals surface area contributed by atoms with Crippen LogP contribution in [0.4, 0.5) is 0 Å². The molecule has 0 fully saturated rings. The average molecular weight is 288 g/mol. The predicted octanol–water partition coefficient (Wildman–Crippen LogP) is 4.19. The monoisotopic (exact) mass is 288 g/mol. The van der Waals surface area contributed by atoms with Crippen molar-refractivity contribution in [2.24, 2.45) is 0 Å². The standard InChI is InChI=1S/C16H24N2OSi/c1-16(2,3)20(4,5)19-12-10-14-9-8-13-7-6-11-17-15(13)18-14/h6-9,11H,10,12H2,1-5H3. The van der Waals surface area contributed by atoms with E-state index in [-0.39, 0.29) is 5.04 Å². The Hall–Kier alpha value is -1.26. The third kappa shape index (κ3) is 3.44. The minimum absolute atomic E-state index is 0.255. The molecule has 0 aliphatic rings. The van der Waals surface area contributed by atoms with E-state index in [2.05, 4.69) is 56.0 Å². The molecule has 0 saturated heterocycles. The highest BCUT2D eigenvalue weighted by molar-refractivity contribution is 6.74. The van der Waals surface area contributed by atoms with Crippen molar-refractivity contribution in [3.05, 3.63) is 36.2 Å². The summed E-state index contributed by atoms with van der Waals surface area (Å²) in [6, 6.07) is 8.12. The molecule has 0 saturated carbocycles. The lowest BCUT2D eigenvalue weighted by Gasteiger charge is -2.36. The molecule has 0 aliphatic heterocycles. The summed E-state index contributed by atoms with van der Waals surface area (Å²) in [6.07, 6.45) is 2.63. The molecule has 2 heterocycles. The van der Waals surface area contributed by atoms with Gasteiger partial charge in [0, 0.05) is 30.3 Å². The second-order valence-corrected chi connectivity index (χ2v) is 11.5. The molecular weight excluding hydrogens is 264 g/mol. The fourth-order valence-electron chi connectivity index (χ4n) is 1.76. The zero-order valence-electron chi connectivity index (χ0n) is 13.1. The van der Waals surface area contributed by atoms with Crippen molar-refractivity contribution < 1.29 is 4.43 Å². The van der Waals surface area contributed by atoms with Gasteiger partial charge in [0.15, 0.2) is 14.0 Å². The van der Waals surface area contributed by atoms with E-state index in [1.807, 2.05) is 12.1 Å². The molecule has 0 amide bonds. The molecule has 0 N–H and O–H groups in total. The van der Waals surface area contributed by atoms with Crippen LogP contribution in [-0.2, 0) is 10.8 Å². The van der Waals surface area contributed by atoms with E-state index in [1.165, 1.54) is 0 Å². The molecule has 0 atom stereocenters. The van der Waals surface area contributed by atoms with Crippen LogP contribution in [0.25, 0.3) is 11.0 Å². The maximum absolute atomic E-state index is 6.19. The molecule has 0 spiro atoms. The molecule has 3 nitrogen and oxygen atoms in total. The van der Waals surface area contributed by atoms with Crippen molar-refractivity contribution in [2.75, 3.05) is 6.61 Å². The summed E-state index contributed by atoms with van der Waals surface area (Å²) in [4.78, 5) is 8.88. The summed E-state index contributed by atoms with van der Waals surface area (Å²) in [6.45, 7) is 12.1. The van der Waals surface area contributed by atoms with E-state index in [9.17, 15) is 0 Å². The van der Waals surface area contributed by atoms with Crippen LogP contribution < -0.4 is 0 Å². The SMILES string of the molecule is CC(C)(C)[Si](C)(C)OCCc1ccc2cccnc2n1. The van der Waals surface area contributed by atoms with Crippen molar-refractivity contribution in [1.29, 1.82) is 0 Å². The van der Waals surface area contributed by atoms with Crippen LogP contribution in [0.15, 0.2) is 30.5 Å². The largest absolute Gasteiger partial charge is 0.416 e. The lowest BCUT2D eigenvalue weighted by Crippen LogP contribution is -2.41. The molecule has 2 rings (SSSR count). The van der Waals surface area contributed by atoms with Crippen LogP contribution in [0.3, 0.4) is 0 Å². The lowest BCUT2D eigenvalue weighted by molar-refractivity contribution is 0.291. The fraction of sp³-hybridized carbons (Fsp3) is 0.500. The molecule has 108 valence electrons. The predicted molar refractivity (Wildman–Crippen MR) is 86.4 cm³/mol. The summed E-state index contributed by atoms with van der Waals surface area (Å²) in [5, 5.41) is 1.34. The third-order valence-corrected chi connectivity index (χ3v) is 8.69. The van der Waals surface area contributed by atoms with Gasteiger partial charge in [0.1, 0.15) is 0 Å². The van der Waals surface area contributed by atoms with E-state index < -0.39 is 8.32 Å². The highest BCUT2D eigenvalue weighted by Crippen LogP contribution is 2.36. The van der Waals surface area contributed by atoms with Crippen LogP contribution in [0.5, 0.6) is 0 Å². The summed E-state index contributed by atoms with van der Waals surface area (Å²) in [5.74, 6) is 0. The summed E-state index contributed by atoms with van der Waals surface area (Å²) in [7, 11) is -1.66. The molecule has 4 heteroatoms. The Morgan fingerprint density at radius 2 is 1.90 bits per heavy atom. The van der Waals surface area contributed by atoms with Gasteiger partial charge in [-0.05, 0) is 42.4 Å². The van der Waals surface area contributed by atoms with Crippen molar-refractivity contribution in [1.82, 2.24) is 9.97 Å². The van der Waals surface area contributed by atoms with Gasteiger partial charge in [0.2, 0.25) is 0 Å². The highest BCUT2D eigenvalue weighted by atomic mass is 28.4. The molecule has 2 aromatic rings. The number of rotatable bonds is 4. The van der Waals surface area contributed by atoms with Gasteiger partial charge in [0.25, 0.3) is 0 Å². The minimum atomic E-state index is -1.66. The summed E-state index contributed by atoms with van der Waals surface area (Å²) < 4.78 is 6.19. The lowest BCUT2D eigenvalue weighted by atomic mass is 10.2. The Balaban J connectivity index is 2.00. The zero-order valence-corrected chi connectivity index (χ0v) is 14.1. The van der Waals surface area contributed by atoms with Crippen LogP contribution in [0.2, 0.25) is 18.1 Å². The highest BCUT2D eigenvalue weighted by Gasteiger charge is 2.36. The fourth-order valence-corrected chi connectivity index (χ4v) is 2.80. The van der Waals surface area contributed by atoms with Gasteiger partial charge in [-0.15, -0.1) is 0 Å². The van der Waals surface area contributed by atoms with Crippen molar-refractivity contribution >= 4 is 19.4 Å². The zero-order chi connectivity index (χ0) is 14.8. The molecular formula is C16H24N2OSi. The van der Waals surface area contributed by atoms with Crippen LogP contribution in [0, 0.1) is 0 Å². The molecule has 20 heavy (non-hydrogen) atoms. The van der Waals surface area contributed by atoms with Crippen molar-refractivity contribution in [2.45, 2.75) is 45.3 Å². The maximum atomic E-state index is 6.19. The Labute approximate surface area is 122 Å². The summed E-state index contributed by atoms with van der Waals surface area (Å²) in [5.41, 5.74) is 1.87. The van der Waals surface area contributed by atoms with Crippen molar-refractivity contribution in [3.63, 3.8) is 0 Å². The van der Waals surface area contributed by atoms with E-state index in [0.29, 0.717) is 0 Å². The number of nitrogens with zero attached hydrogens (tertiary/aromatic N) is 2. The third-order valence-electron chi connectivity index (χ3n) is 4.15. The Morgan fingerprint density at radius 1 is 1.15 bits per heavy atom. The molecule has 0 unspecified atom stereocenters. The van der Waals surface area contributed by atoms with Crippen LogP contribution >= 0.6 is 0 Å². The Kier molecular flexibility index (Phi) is 4.25. The topological polar surface area (TPSA) is 35.0 Å². The molecule has 2 aromatic heterocycles. The molecule has 0 aromatic carbocycles. The van der Waals surface area contributed by atoms with E-state index in [1.54, 1.807) is 6.20 Å². The number of aromatic nitrogens is 2. The normalized spacial score (nSPS) is 12.8. The summed E-state index contributed by atoms with van der Waals surface area (Å²) >= 11 is 0. The average Bonchev–Trinajstić information content (AvgIpc) is 2.37. The van der Waals surface area contributed by atoms with E-state index in [4.69, 9.17) is 4.43 Å². The first kappa shape index (κ1) is 15.1. The van der Waals surface area contributed by atoms with Crippen LogP contribution in [-0.4, -0.2) is 24.9 Å². The maximum Gasteiger partial charge on any atom is 0.191 e.